The summed E-state index contributed by atoms with van der Waals surface area (Å²) in [5, 5.41) is 0. The summed E-state index contributed by atoms with van der Waals surface area (Å²) in [5.41, 5.74) is 2.61. The summed E-state index contributed by atoms with van der Waals surface area (Å²) in [5.74, 6) is 1.27. The number of carbonyl (C=O) groups excluding carboxylic acids is 2. The van der Waals surface area contributed by atoms with Gasteiger partial charge in [-0.2, -0.15) is 0 Å². The lowest BCUT2D eigenvalue weighted by molar-refractivity contribution is -0.161. The average molecular weight is 295 g/mol. The highest BCUT2D eigenvalue weighted by atomic mass is 28.3. The van der Waals surface area contributed by atoms with E-state index in [9.17, 15) is 9.59 Å². The van der Waals surface area contributed by atoms with Gasteiger partial charge in [0.25, 0.3) is 0 Å². The van der Waals surface area contributed by atoms with Gasteiger partial charge in [0.1, 0.15) is 8.07 Å². The van der Waals surface area contributed by atoms with Crippen molar-refractivity contribution in [2.24, 2.45) is 0 Å². The maximum atomic E-state index is 12.0. The fraction of sp³-hybridized carbons (Fsp3) is 0.600. The maximum absolute atomic E-state index is 12.0. The van der Waals surface area contributed by atoms with Crippen LogP contribution in [0.4, 0.5) is 0 Å². The highest BCUT2D eigenvalue weighted by Crippen LogP contribution is 2.13. The van der Waals surface area contributed by atoms with Crippen molar-refractivity contribution in [1.29, 1.82) is 0 Å². The molecule has 0 rings (SSSR count). The van der Waals surface area contributed by atoms with Crippen molar-refractivity contribution in [1.82, 2.24) is 4.90 Å². The van der Waals surface area contributed by atoms with Crippen molar-refractivity contribution < 1.29 is 14.3 Å². The summed E-state index contributed by atoms with van der Waals surface area (Å²) in [6.07, 6.45) is 1.58. The van der Waals surface area contributed by atoms with Gasteiger partial charge in [-0.05, 0) is 20.8 Å². The molecule has 5 heteroatoms. The van der Waals surface area contributed by atoms with E-state index in [-0.39, 0.29) is 6.61 Å². The van der Waals surface area contributed by atoms with Crippen molar-refractivity contribution >= 4 is 20.0 Å². The molecule has 112 valence electrons. The van der Waals surface area contributed by atoms with Crippen LogP contribution in [0, 0.1) is 11.5 Å². The maximum Gasteiger partial charge on any atom is 0.398 e. The Morgan fingerprint density at radius 1 is 1.30 bits per heavy atom. The first-order chi connectivity index (χ1) is 8.99. The van der Waals surface area contributed by atoms with E-state index in [1.807, 2.05) is 20.8 Å². The Hall–Kier alpha value is -1.54. The van der Waals surface area contributed by atoms with Gasteiger partial charge in [-0.3, -0.25) is 4.79 Å². The summed E-state index contributed by atoms with van der Waals surface area (Å²) in [7, 11) is -1.48. The van der Waals surface area contributed by atoms with Crippen LogP contribution in [0.1, 0.15) is 20.8 Å². The van der Waals surface area contributed by atoms with Gasteiger partial charge in [-0.1, -0.05) is 31.6 Å². The summed E-state index contributed by atoms with van der Waals surface area (Å²) in [4.78, 5) is 25.2. The lowest BCUT2D eigenvalue weighted by Crippen LogP contribution is -2.49. The number of nitrogens with zero attached hydrogens (tertiary/aromatic N) is 1. The van der Waals surface area contributed by atoms with Gasteiger partial charge in [0.15, 0.2) is 6.61 Å². The third-order valence-corrected chi connectivity index (χ3v) is 3.21. The Labute approximate surface area is 123 Å². The SMILES string of the molecule is C=CCN(C(=O)C(=O)OCC#C[Si](C)(C)C)C(C)(C)C. The Morgan fingerprint density at radius 2 is 1.85 bits per heavy atom. The van der Waals surface area contributed by atoms with Gasteiger partial charge in [0.05, 0.1) is 0 Å². The minimum atomic E-state index is -1.48. The first-order valence-electron chi connectivity index (χ1n) is 6.58. The number of amides is 1. The smallest absolute Gasteiger partial charge is 0.398 e. The predicted molar refractivity (Wildman–Crippen MR) is 83.7 cm³/mol. The van der Waals surface area contributed by atoms with Crippen molar-refractivity contribution in [3.8, 4) is 11.5 Å². The molecule has 0 aliphatic heterocycles. The number of hydrogen-bond acceptors (Lipinski definition) is 3. The molecule has 0 unspecified atom stereocenters. The minimum Gasteiger partial charge on any atom is -0.445 e. The molecule has 0 fully saturated rings. The molecule has 0 aromatic heterocycles. The second kappa shape index (κ2) is 7.30. The summed E-state index contributed by atoms with van der Waals surface area (Å²) >= 11 is 0. The van der Waals surface area contributed by atoms with E-state index in [0.717, 1.165) is 0 Å². The standard InChI is InChI=1S/C15H25NO3Si/c1-8-10-16(15(2,3)4)13(17)14(18)19-11-9-12-20(5,6)7/h8H,1,10-11H2,2-7H3. The molecule has 4 nitrogen and oxygen atoms in total. The van der Waals surface area contributed by atoms with Crippen LogP contribution < -0.4 is 0 Å². The van der Waals surface area contributed by atoms with Gasteiger partial charge in [-0.15, -0.1) is 12.1 Å². The van der Waals surface area contributed by atoms with Crippen molar-refractivity contribution in [3.63, 3.8) is 0 Å². The second-order valence-electron chi connectivity index (χ2n) is 6.50. The number of rotatable bonds is 3. The zero-order valence-corrected chi connectivity index (χ0v) is 14.4. The van der Waals surface area contributed by atoms with Crippen LogP contribution in [0.15, 0.2) is 12.7 Å². The summed E-state index contributed by atoms with van der Waals surface area (Å²) in [6, 6.07) is 0. The van der Waals surface area contributed by atoms with Crippen LogP contribution >= 0.6 is 0 Å². The van der Waals surface area contributed by atoms with Crippen molar-refractivity contribution in [2.45, 2.75) is 46.0 Å². The molecular weight excluding hydrogens is 270 g/mol. The molecule has 1 amide bonds. The topological polar surface area (TPSA) is 46.6 Å². The van der Waals surface area contributed by atoms with Crippen LogP contribution in [0.3, 0.4) is 0 Å². The van der Waals surface area contributed by atoms with E-state index >= 15 is 0 Å². The second-order valence-corrected chi connectivity index (χ2v) is 11.3. The molecule has 0 aromatic rings. The molecule has 0 saturated carbocycles. The van der Waals surface area contributed by atoms with E-state index < -0.39 is 25.5 Å². The monoisotopic (exact) mass is 295 g/mol. The van der Waals surface area contributed by atoms with E-state index in [1.165, 1.54) is 4.90 Å². The van der Waals surface area contributed by atoms with Crippen LogP contribution in [0.5, 0.6) is 0 Å². The molecule has 0 saturated heterocycles. The molecule has 0 bridgehead atoms. The van der Waals surface area contributed by atoms with E-state index in [4.69, 9.17) is 4.74 Å². The van der Waals surface area contributed by atoms with E-state index in [1.54, 1.807) is 6.08 Å². The first-order valence-corrected chi connectivity index (χ1v) is 10.1. The van der Waals surface area contributed by atoms with Crippen molar-refractivity contribution in [2.75, 3.05) is 13.2 Å². The predicted octanol–water partition coefficient (Wildman–Crippen LogP) is 2.22. The Kier molecular flexibility index (Phi) is 6.73. The van der Waals surface area contributed by atoms with E-state index in [2.05, 4.69) is 37.7 Å². The third kappa shape index (κ3) is 7.15. The molecule has 0 aliphatic carbocycles. The Balaban J connectivity index is 4.64. The van der Waals surface area contributed by atoms with Gasteiger partial charge in [0.2, 0.25) is 0 Å². The first kappa shape index (κ1) is 18.5. The zero-order valence-electron chi connectivity index (χ0n) is 13.4. The third-order valence-electron chi connectivity index (χ3n) is 2.28. The van der Waals surface area contributed by atoms with Crippen LogP contribution in [0.2, 0.25) is 19.6 Å². The van der Waals surface area contributed by atoms with Gasteiger partial charge >= 0.3 is 11.9 Å². The molecule has 0 heterocycles. The quantitative estimate of drug-likeness (QED) is 0.264. The molecule has 0 atom stereocenters. The van der Waals surface area contributed by atoms with E-state index in [0.29, 0.717) is 6.54 Å². The lowest BCUT2D eigenvalue weighted by atomic mass is 10.1. The number of esters is 1. The molecule has 0 spiro atoms. The normalized spacial score (nSPS) is 11.1. The molecule has 20 heavy (non-hydrogen) atoms. The fourth-order valence-corrected chi connectivity index (χ4v) is 1.97. The zero-order chi connectivity index (χ0) is 16.0. The van der Waals surface area contributed by atoms with Gasteiger partial charge in [-0.25, -0.2) is 4.79 Å². The molecule has 0 aromatic carbocycles. The largest absolute Gasteiger partial charge is 0.445 e. The molecule has 0 radical (unpaired) electrons. The molecule has 0 N–H and O–H groups in total. The lowest BCUT2D eigenvalue weighted by Gasteiger charge is -2.33. The van der Waals surface area contributed by atoms with Gasteiger partial charge in [0, 0.05) is 12.1 Å². The number of carbonyl (C=O) groups is 2. The van der Waals surface area contributed by atoms with Crippen LogP contribution in [-0.4, -0.2) is 43.5 Å². The number of hydrogen-bond donors (Lipinski definition) is 0. The van der Waals surface area contributed by atoms with Crippen molar-refractivity contribution in [3.05, 3.63) is 12.7 Å². The molecular formula is C15H25NO3Si. The Morgan fingerprint density at radius 3 is 2.25 bits per heavy atom. The van der Waals surface area contributed by atoms with Crippen LogP contribution in [0.25, 0.3) is 0 Å². The van der Waals surface area contributed by atoms with Crippen LogP contribution in [-0.2, 0) is 14.3 Å². The Bertz CT molecular complexity index is 433. The van der Waals surface area contributed by atoms with Gasteiger partial charge < -0.3 is 9.64 Å². The molecule has 0 aliphatic rings. The minimum absolute atomic E-state index is 0.0408. The fourth-order valence-electron chi connectivity index (χ4n) is 1.37. The highest BCUT2D eigenvalue weighted by Gasteiger charge is 2.30. The average Bonchev–Trinajstić information content (AvgIpc) is 2.27. The summed E-state index contributed by atoms with van der Waals surface area (Å²) in [6.45, 7) is 15.7. The highest BCUT2D eigenvalue weighted by molar-refractivity contribution is 6.83. The summed E-state index contributed by atoms with van der Waals surface area (Å²) < 4.78 is 4.91. The number of ether oxygens (including phenoxy) is 1.